The lowest BCUT2D eigenvalue weighted by atomic mass is 9.72. The Morgan fingerprint density at radius 1 is 1.04 bits per heavy atom. The van der Waals surface area contributed by atoms with E-state index in [4.69, 9.17) is 0 Å². The number of imidazole rings is 1. The van der Waals surface area contributed by atoms with E-state index in [-0.39, 0.29) is 0 Å². The van der Waals surface area contributed by atoms with Gasteiger partial charge in [-0.05, 0) is 50.4 Å². The smallest absolute Gasteiger partial charge is 0.103 e. The minimum absolute atomic E-state index is 0.686. The standard InChI is InChI=1S/C21H34N2/c1-3-17-10-8-9-11-18-14-19(21-15-22-16(2)23-21)12-6-4-5-7-13-20(17)18/h3,15,17-20H,1,4-14H2,2H3,(H,22,23). The van der Waals surface area contributed by atoms with Gasteiger partial charge in [0.15, 0.2) is 0 Å². The van der Waals surface area contributed by atoms with Crippen LogP contribution in [-0.2, 0) is 0 Å². The lowest BCUT2D eigenvalue weighted by Gasteiger charge is -2.33. The van der Waals surface area contributed by atoms with Crippen molar-refractivity contribution in [3.8, 4) is 0 Å². The average molecular weight is 315 g/mol. The molecule has 0 aromatic carbocycles. The van der Waals surface area contributed by atoms with Gasteiger partial charge < -0.3 is 4.98 Å². The normalized spacial score (nSPS) is 33.4. The zero-order chi connectivity index (χ0) is 16.1. The number of aromatic nitrogens is 2. The monoisotopic (exact) mass is 314 g/mol. The molecular weight excluding hydrogens is 280 g/mol. The van der Waals surface area contributed by atoms with Gasteiger partial charge in [0.05, 0.1) is 0 Å². The lowest BCUT2D eigenvalue weighted by molar-refractivity contribution is 0.207. The van der Waals surface area contributed by atoms with Crippen LogP contribution in [0.15, 0.2) is 18.9 Å². The highest BCUT2D eigenvalue weighted by atomic mass is 14.9. The number of aromatic amines is 1. The van der Waals surface area contributed by atoms with Crippen molar-refractivity contribution in [1.29, 1.82) is 0 Å². The van der Waals surface area contributed by atoms with E-state index in [9.17, 15) is 0 Å². The van der Waals surface area contributed by atoms with Crippen molar-refractivity contribution >= 4 is 0 Å². The fourth-order valence-corrected chi connectivity index (χ4v) is 5.14. The zero-order valence-electron chi connectivity index (χ0n) is 14.9. The second kappa shape index (κ2) is 8.17. The topological polar surface area (TPSA) is 28.7 Å². The van der Waals surface area contributed by atoms with Gasteiger partial charge in [0, 0.05) is 17.8 Å². The molecule has 2 aliphatic carbocycles. The second-order valence-electron chi connectivity index (χ2n) is 7.96. The van der Waals surface area contributed by atoms with E-state index < -0.39 is 0 Å². The van der Waals surface area contributed by atoms with Crippen LogP contribution in [0.4, 0.5) is 0 Å². The largest absolute Gasteiger partial charge is 0.346 e. The molecule has 2 heteroatoms. The molecule has 0 amide bonds. The van der Waals surface area contributed by atoms with Gasteiger partial charge in [-0.1, -0.05) is 51.0 Å². The van der Waals surface area contributed by atoms with Gasteiger partial charge in [-0.15, -0.1) is 6.58 Å². The Bertz CT molecular complexity index is 490. The molecule has 0 radical (unpaired) electrons. The number of rotatable bonds is 2. The molecule has 3 rings (SSSR count). The van der Waals surface area contributed by atoms with E-state index in [1.807, 2.05) is 0 Å². The van der Waals surface area contributed by atoms with Gasteiger partial charge in [-0.25, -0.2) is 4.98 Å². The summed E-state index contributed by atoms with van der Waals surface area (Å²) in [5, 5.41) is 0. The third kappa shape index (κ3) is 4.28. The quantitative estimate of drug-likeness (QED) is 0.651. The van der Waals surface area contributed by atoms with Gasteiger partial charge in [-0.3, -0.25) is 0 Å². The summed E-state index contributed by atoms with van der Waals surface area (Å²) >= 11 is 0. The average Bonchev–Trinajstić information content (AvgIpc) is 2.89. The molecule has 4 unspecified atom stereocenters. The Morgan fingerprint density at radius 2 is 1.78 bits per heavy atom. The van der Waals surface area contributed by atoms with Crippen LogP contribution in [0.25, 0.3) is 0 Å². The molecule has 0 aliphatic heterocycles. The second-order valence-corrected chi connectivity index (χ2v) is 7.96. The van der Waals surface area contributed by atoms with E-state index in [0.717, 1.165) is 23.6 Å². The summed E-state index contributed by atoms with van der Waals surface area (Å²) in [7, 11) is 0. The minimum Gasteiger partial charge on any atom is -0.346 e. The number of nitrogens with zero attached hydrogens (tertiary/aromatic N) is 1. The number of fused-ring (bicyclic) bond motifs is 1. The molecule has 23 heavy (non-hydrogen) atoms. The maximum atomic E-state index is 4.47. The maximum absolute atomic E-state index is 4.47. The van der Waals surface area contributed by atoms with Crippen LogP contribution >= 0.6 is 0 Å². The number of allylic oxidation sites excluding steroid dienone is 1. The van der Waals surface area contributed by atoms with Crippen molar-refractivity contribution in [3.63, 3.8) is 0 Å². The summed E-state index contributed by atoms with van der Waals surface area (Å²) in [6.45, 7) is 6.25. The molecule has 1 aromatic rings. The fraction of sp³-hybridized carbons (Fsp3) is 0.762. The number of hydrogen-bond acceptors (Lipinski definition) is 1. The minimum atomic E-state index is 0.686. The molecule has 0 saturated heterocycles. The molecule has 0 bridgehead atoms. The van der Waals surface area contributed by atoms with Crippen molar-refractivity contribution in [3.05, 3.63) is 30.4 Å². The molecule has 1 aromatic heterocycles. The first kappa shape index (κ1) is 16.8. The van der Waals surface area contributed by atoms with Crippen LogP contribution in [0.5, 0.6) is 0 Å². The summed E-state index contributed by atoms with van der Waals surface area (Å²) in [4.78, 5) is 8.00. The third-order valence-corrected chi connectivity index (χ3v) is 6.41. The van der Waals surface area contributed by atoms with Gasteiger partial charge in [-0.2, -0.15) is 0 Å². The molecule has 1 heterocycles. The predicted molar refractivity (Wildman–Crippen MR) is 97.5 cm³/mol. The van der Waals surface area contributed by atoms with E-state index >= 15 is 0 Å². The highest BCUT2D eigenvalue weighted by Gasteiger charge is 2.32. The summed E-state index contributed by atoms with van der Waals surface area (Å²) < 4.78 is 0. The summed E-state index contributed by atoms with van der Waals surface area (Å²) in [5.41, 5.74) is 1.39. The van der Waals surface area contributed by atoms with Gasteiger partial charge in [0.1, 0.15) is 5.82 Å². The molecule has 2 aliphatic rings. The molecule has 2 nitrogen and oxygen atoms in total. The van der Waals surface area contributed by atoms with Gasteiger partial charge >= 0.3 is 0 Å². The van der Waals surface area contributed by atoms with Crippen LogP contribution in [0, 0.1) is 24.7 Å². The molecule has 2 fully saturated rings. The molecule has 2 saturated carbocycles. The Hall–Kier alpha value is -1.05. The Balaban J connectivity index is 1.81. The number of nitrogens with one attached hydrogen (secondary N) is 1. The lowest BCUT2D eigenvalue weighted by Crippen LogP contribution is -2.23. The van der Waals surface area contributed by atoms with Gasteiger partial charge in [0.2, 0.25) is 0 Å². The van der Waals surface area contributed by atoms with Crippen molar-refractivity contribution in [2.24, 2.45) is 17.8 Å². The van der Waals surface area contributed by atoms with E-state index in [0.29, 0.717) is 5.92 Å². The SMILES string of the molecule is C=CC1CCCCC2CC(c3cnc(C)[nH]3)CCCCCCC12. The number of hydrogen-bond donors (Lipinski definition) is 1. The number of H-pyrrole nitrogens is 1. The van der Waals surface area contributed by atoms with Crippen LogP contribution in [0.2, 0.25) is 0 Å². The summed E-state index contributed by atoms with van der Waals surface area (Å²) in [6.07, 6.45) is 19.8. The van der Waals surface area contributed by atoms with Crippen LogP contribution in [0.1, 0.15) is 88.1 Å². The van der Waals surface area contributed by atoms with Crippen LogP contribution in [-0.4, -0.2) is 9.97 Å². The van der Waals surface area contributed by atoms with Crippen molar-refractivity contribution in [2.75, 3.05) is 0 Å². The van der Waals surface area contributed by atoms with E-state index in [1.54, 1.807) is 0 Å². The molecule has 128 valence electrons. The molecule has 1 N–H and O–H groups in total. The van der Waals surface area contributed by atoms with Crippen LogP contribution < -0.4 is 0 Å². The third-order valence-electron chi connectivity index (χ3n) is 6.41. The first-order chi connectivity index (χ1) is 11.3. The Kier molecular flexibility index (Phi) is 5.96. The number of aryl methyl sites for hydroxylation is 1. The zero-order valence-corrected chi connectivity index (χ0v) is 14.9. The van der Waals surface area contributed by atoms with Gasteiger partial charge in [0.25, 0.3) is 0 Å². The van der Waals surface area contributed by atoms with E-state index in [2.05, 4.69) is 35.7 Å². The first-order valence-electron chi connectivity index (χ1n) is 9.92. The van der Waals surface area contributed by atoms with Crippen LogP contribution in [0.3, 0.4) is 0 Å². The first-order valence-corrected chi connectivity index (χ1v) is 9.92. The van der Waals surface area contributed by atoms with Crippen molar-refractivity contribution < 1.29 is 0 Å². The molecular formula is C21H34N2. The maximum Gasteiger partial charge on any atom is 0.103 e. The fourth-order valence-electron chi connectivity index (χ4n) is 5.14. The Morgan fingerprint density at radius 3 is 2.52 bits per heavy atom. The Labute approximate surface area is 142 Å². The highest BCUT2D eigenvalue weighted by Crippen LogP contribution is 2.43. The summed E-state index contributed by atoms with van der Waals surface area (Å²) in [6, 6.07) is 0. The summed E-state index contributed by atoms with van der Waals surface area (Å²) in [5.74, 6) is 4.27. The van der Waals surface area contributed by atoms with Crippen molar-refractivity contribution in [1.82, 2.24) is 9.97 Å². The van der Waals surface area contributed by atoms with Crippen molar-refractivity contribution in [2.45, 2.75) is 83.5 Å². The molecule has 4 atom stereocenters. The molecule has 0 spiro atoms. The van der Waals surface area contributed by atoms with E-state index in [1.165, 1.54) is 76.3 Å². The highest BCUT2D eigenvalue weighted by molar-refractivity contribution is 5.08. The predicted octanol–water partition coefficient (Wildman–Crippen LogP) is 6.15.